The Hall–Kier alpha value is -1.16. The molecule has 2 nitrogen and oxygen atoms in total. The fourth-order valence-corrected chi connectivity index (χ4v) is 2.17. The fourth-order valence-electron chi connectivity index (χ4n) is 2.17. The minimum absolute atomic E-state index is 0.220. The third-order valence-electron chi connectivity index (χ3n) is 3.24. The summed E-state index contributed by atoms with van der Waals surface area (Å²) in [4.78, 5) is 4.03. The maximum Gasteiger partial charge on any atom is 0.153 e. The van der Waals surface area contributed by atoms with Gasteiger partial charge in [-0.2, -0.15) is 0 Å². The lowest BCUT2D eigenvalue weighted by Gasteiger charge is -2.37. The van der Waals surface area contributed by atoms with E-state index in [2.05, 4.69) is 4.90 Å². The number of nitrogens with zero attached hydrogens (tertiary/aromatic N) is 2. The predicted molar refractivity (Wildman–Crippen MR) is 65.4 cm³/mol. The predicted octanol–water partition coefficient (Wildman–Crippen LogP) is 2.65. The number of piperazine rings is 1. The molecule has 0 saturated carbocycles. The number of benzene rings is 1. The molecule has 1 fully saturated rings. The molecule has 1 atom stereocenters. The number of hydrogen-bond donors (Lipinski definition) is 0. The zero-order chi connectivity index (χ0) is 12.3. The van der Waals surface area contributed by atoms with Gasteiger partial charge in [-0.25, -0.2) is 8.78 Å². The highest BCUT2D eigenvalue weighted by Crippen LogP contribution is 2.18. The molecule has 4 heteroatoms. The van der Waals surface area contributed by atoms with Crippen LogP contribution in [0.1, 0.15) is 13.3 Å². The number of hydrogen-bond acceptors (Lipinski definition) is 2. The van der Waals surface area contributed by atoms with Crippen molar-refractivity contribution in [3.63, 3.8) is 0 Å². The molecule has 0 radical (unpaired) electrons. The zero-order valence-corrected chi connectivity index (χ0v) is 10.1. The highest BCUT2D eigenvalue weighted by molar-refractivity contribution is 5.46. The summed E-state index contributed by atoms with van der Waals surface area (Å²) in [5.74, 6) is -0.220. The molecule has 1 saturated heterocycles. The second-order valence-corrected chi connectivity index (χ2v) is 4.34. The van der Waals surface area contributed by atoms with Crippen LogP contribution in [0.2, 0.25) is 0 Å². The van der Waals surface area contributed by atoms with E-state index in [9.17, 15) is 8.78 Å². The van der Waals surface area contributed by atoms with E-state index in [4.69, 9.17) is 0 Å². The summed E-state index contributed by atoms with van der Waals surface area (Å²) in [5, 5.41) is 0. The van der Waals surface area contributed by atoms with Crippen molar-refractivity contribution in [2.75, 3.05) is 31.1 Å². The molecule has 1 unspecified atom stereocenters. The van der Waals surface area contributed by atoms with E-state index in [0.717, 1.165) is 31.9 Å². The number of anilines is 1. The van der Waals surface area contributed by atoms with Crippen molar-refractivity contribution in [3.8, 4) is 0 Å². The van der Waals surface area contributed by atoms with Crippen molar-refractivity contribution >= 4 is 5.69 Å². The molecular formula is C13H18F2N2. The Kier molecular flexibility index (Phi) is 3.94. The lowest BCUT2D eigenvalue weighted by atomic mass is 10.2. The third kappa shape index (κ3) is 2.94. The van der Waals surface area contributed by atoms with Crippen LogP contribution < -0.4 is 4.90 Å². The van der Waals surface area contributed by atoms with Crippen LogP contribution in [0, 0.1) is 5.82 Å². The highest BCUT2D eigenvalue weighted by atomic mass is 19.1. The van der Waals surface area contributed by atoms with E-state index < -0.39 is 6.30 Å². The van der Waals surface area contributed by atoms with Crippen molar-refractivity contribution < 1.29 is 8.78 Å². The van der Waals surface area contributed by atoms with E-state index in [-0.39, 0.29) is 5.82 Å². The largest absolute Gasteiger partial charge is 0.369 e. The first-order chi connectivity index (χ1) is 8.20. The van der Waals surface area contributed by atoms with Gasteiger partial charge in [0.05, 0.1) is 0 Å². The summed E-state index contributed by atoms with van der Waals surface area (Å²) >= 11 is 0. The van der Waals surface area contributed by atoms with Gasteiger partial charge >= 0.3 is 0 Å². The normalized spacial score (nSPS) is 19.4. The first-order valence-corrected chi connectivity index (χ1v) is 6.09. The van der Waals surface area contributed by atoms with Gasteiger partial charge < -0.3 is 4.90 Å². The fraction of sp³-hybridized carbons (Fsp3) is 0.538. The molecule has 1 aromatic rings. The molecule has 1 aliphatic heterocycles. The van der Waals surface area contributed by atoms with Gasteiger partial charge in [-0.1, -0.05) is 6.92 Å². The van der Waals surface area contributed by atoms with E-state index in [1.165, 1.54) is 12.1 Å². The molecule has 1 aliphatic rings. The second-order valence-electron chi connectivity index (χ2n) is 4.34. The van der Waals surface area contributed by atoms with Crippen molar-refractivity contribution in [1.82, 2.24) is 4.90 Å². The van der Waals surface area contributed by atoms with Gasteiger partial charge in [-0.3, -0.25) is 4.90 Å². The third-order valence-corrected chi connectivity index (χ3v) is 3.24. The van der Waals surface area contributed by atoms with E-state index in [1.54, 1.807) is 12.1 Å². The van der Waals surface area contributed by atoms with E-state index in [1.807, 2.05) is 11.8 Å². The molecule has 0 bridgehead atoms. The molecule has 0 amide bonds. The van der Waals surface area contributed by atoms with Crippen LogP contribution >= 0.6 is 0 Å². The van der Waals surface area contributed by atoms with Crippen LogP contribution in [0.15, 0.2) is 24.3 Å². The Balaban J connectivity index is 1.93. The standard InChI is InChI=1S/C13H18F2N2/c1-2-13(15)17-9-7-16(8-10-17)12-5-3-11(14)4-6-12/h3-6,13H,2,7-10H2,1H3. The monoisotopic (exact) mass is 240 g/mol. The van der Waals surface area contributed by atoms with Crippen LogP contribution in [-0.2, 0) is 0 Å². The molecule has 94 valence electrons. The molecular weight excluding hydrogens is 222 g/mol. The van der Waals surface area contributed by atoms with Crippen LogP contribution in [0.5, 0.6) is 0 Å². The average molecular weight is 240 g/mol. The second kappa shape index (κ2) is 5.45. The smallest absolute Gasteiger partial charge is 0.153 e. The Morgan fingerprint density at radius 2 is 1.71 bits per heavy atom. The Morgan fingerprint density at radius 1 is 1.12 bits per heavy atom. The van der Waals surface area contributed by atoms with Gasteiger partial charge in [0.2, 0.25) is 0 Å². The SMILES string of the molecule is CCC(F)N1CCN(c2ccc(F)cc2)CC1. The van der Waals surface area contributed by atoms with E-state index in [0.29, 0.717) is 6.42 Å². The molecule has 0 aliphatic carbocycles. The van der Waals surface area contributed by atoms with Crippen LogP contribution in [-0.4, -0.2) is 37.4 Å². The zero-order valence-electron chi connectivity index (χ0n) is 10.1. The number of alkyl halides is 1. The lowest BCUT2D eigenvalue weighted by Crippen LogP contribution is -2.49. The van der Waals surface area contributed by atoms with Gasteiger partial charge in [0.15, 0.2) is 6.30 Å². The first kappa shape index (κ1) is 12.3. The van der Waals surface area contributed by atoms with Gasteiger partial charge in [-0.05, 0) is 30.7 Å². The van der Waals surface area contributed by atoms with Gasteiger partial charge in [-0.15, -0.1) is 0 Å². The Labute approximate surface area is 101 Å². The first-order valence-electron chi connectivity index (χ1n) is 6.09. The van der Waals surface area contributed by atoms with Crippen LogP contribution in [0.3, 0.4) is 0 Å². The van der Waals surface area contributed by atoms with Crippen molar-refractivity contribution in [2.24, 2.45) is 0 Å². The average Bonchev–Trinajstić information content (AvgIpc) is 2.39. The van der Waals surface area contributed by atoms with Gasteiger partial charge in [0, 0.05) is 31.9 Å². The summed E-state index contributed by atoms with van der Waals surface area (Å²) < 4.78 is 26.2. The minimum atomic E-state index is -0.828. The number of rotatable bonds is 3. The maximum absolute atomic E-state index is 13.5. The molecule has 1 heterocycles. The summed E-state index contributed by atoms with van der Waals surface area (Å²) in [6.45, 7) is 4.91. The molecule has 17 heavy (non-hydrogen) atoms. The van der Waals surface area contributed by atoms with Gasteiger partial charge in [0.1, 0.15) is 5.82 Å². The molecule has 0 spiro atoms. The maximum atomic E-state index is 13.5. The van der Waals surface area contributed by atoms with Crippen molar-refractivity contribution in [3.05, 3.63) is 30.1 Å². The van der Waals surface area contributed by atoms with E-state index >= 15 is 0 Å². The lowest BCUT2D eigenvalue weighted by molar-refractivity contribution is 0.0734. The molecule has 0 aromatic heterocycles. The Morgan fingerprint density at radius 3 is 2.24 bits per heavy atom. The van der Waals surface area contributed by atoms with Crippen molar-refractivity contribution in [2.45, 2.75) is 19.6 Å². The molecule has 1 aromatic carbocycles. The molecule has 0 N–H and O–H groups in total. The van der Waals surface area contributed by atoms with Crippen molar-refractivity contribution in [1.29, 1.82) is 0 Å². The highest BCUT2D eigenvalue weighted by Gasteiger charge is 2.22. The van der Waals surface area contributed by atoms with Crippen LogP contribution in [0.25, 0.3) is 0 Å². The van der Waals surface area contributed by atoms with Gasteiger partial charge in [0.25, 0.3) is 0 Å². The van der Waals surface area contributed by atoms with Crippen LogP contribution in [0.4, 0.5) is 14.5 Å². The summed E-state index contributed by atoms with van der Waals surface area (Å²) in [5.41, 5.74) is 1.01. The summed E-state index contributed by atoms with van der Waals surface area (Å²) in [6, 6.07) is 6.48. The number of halogens is 2. The summed E-state index contributed by atoms with van der Waals surface area (Å²) in [6.07, 6.45) is -0.290. The topological polar surface area (TPSA) is 6.48 Å². The molecule has 2 rings (SSSR count). The quantitative estimate of drug-likeness (QED) is 0.749. The Bertz CT molecular complexity index is 345. The minimum Gasteiger partial charge on any atom is -0.369 e. The summed E-state index contributed by atoms with van der Waals surface area (Å²) in [7, 11) is 0.